The van der Waals surface area contributed by atoms with Crippen LogP contribution in [0.5, 0.6) is 11.5 Å². The lowest BCUT2D eigenvalue weighted by atomic mass is 9.95. The smallest absolute Gasteiger partial charge is 0.300 e. The van der Waals surface area contributed by atoms with Crippen LogP contribution in [-0.2, 0) is 9.59 Å². The Bertz CT molecular complexity index is 1430. The van der Waals surface area contributed by atoms with Crippen LogP contribution in [0.25, 0.3) is 5.76 Å². The zero-order valence-corrected chi connectivity index (χ0v) is 23.5. The molecule has 0 saturated carbocycles. The van der Waals surface area contributed by atoms with Gasteiger partial charge in [0, 0.05) is 22.3 Å². The van der Waals surface area contributed by atoms with Crippen molar-refractivity contribution in [3.8, 4) is 11.5 Å². The Kier molecular flexibility index (Phi) is 8.64. The molecule has 1 unspecified atom stereocenters. The molecule has 2 saturated heterocycles. The average Bonchev–Trinajstić information content (AvgIpc) is 3.23. The Hall–Kier alpha value is -3.52. The Labute approximate surface area is 243 Å². The maximum absolute atomic E-state index is 13.6. The lowest BCUT2D eigenvalue weighted by Crippen LogP contribution is -2.29. The van der Waals surface area contributed by atoms with Gasteiger partial charge in [0.2, 0.25) is 0 Å². The van der Waals surface area contributed by atoms with Crippen LogP contribution < -0.4 is 19.7 Å². The molecule has 0 radical (unpaired) electrons. The second-order valence-electron chi connectivity index (χ2n) is 9.87. The van der Waals surface area contributed by atoms with Crippen LogP contribution >= 0.6 is 23.2 Å². The molecule has 9 heteroatoms. The minimum atomic E-state index is -0.926. The van der Waals surface area contributed by atoms with Crippen LogP contribution in [-0.4, -0.2) is 43.6 Å². The fourth-order valence-electron chi connectivity index (χ4n) is 5.29. The van der Waals surface area contributed by atoms with Crippen molar-refractivity contribution in [2.75, 3.05) is 31.7 Å². The number of aliphatic hydroxyl groups excluding tert-OH is 1. The fraction of sp³-hybridized carbons (Fsp3) is 0.290. The third-order valence-corrected chi connectivity index (χ3v) is 8.01. The second-order valence-corrected chi connectivity index (χ2v) is 10.7. The van der Waals surface area contributed by atoms with Crippen LogP contribution in [0.4, 0.5) is 5.69 Å². The molecule has 0 aliphatic carbocycles. The molecular weight excluding hydrogens is 551 g/mol. The number of carbonyl (C=O) groups is 2. The number of Topliss-reactive ketones (excluding diaryl/α,β-unsaturated/α-hetero) is 1. The largest absolute Gasteiger partial charge is 0.507 e. The summed E-state index contributed by atoms with van der Waals surface area (Å²) in [5.41, 5.74) is 1.22. The normalized spacial score (nSPS) is 19.2. The minimum Gasteiger partial charge on any atom is -0.507 e. The number of halogens is 2. The minimum absolute atomic E-state index is 0.0652. The van der Waals surface area contributed by atoms with E-state index in [1.54, 1.807) is 73.8 Å². The van der Waals surface area contributed by atoms with E-state index in [1.165, 1.54) is 4.90 Å². The second kappa shape index (κ2) is 12.3. The predicted octanol–water partition coefficient (Wildman–Crippen LogP) is 6.40. The highest BCUT2D eigenvalue weighted by Crippen LogP contribution is 2.45. The predicted molar refractivity (Wildman–Crippen MR) is 156 cm³/mol. The average molecular weight is 581 g/mol. The van der Waals surface area contributed by atoms with Gasteiger partial charge in [-0.2, -0.15) is 0 Å². The van der Waals surface area contributed by atoms with Gasteiger partial charge in [-0.3, -0.25) is 14.5 Å². The van der Waals surface area contributed by atoms with Crippen LogP contribution in [0.3, 0.4) is 0 Å². The van der Waals surface area contributed by atoms with Crippen molar-refractivity contribution >= 4 is 46.3 Å². The number of hydrogen-bond donors (Lipinski definition) is 2. The summed E-state index contributed by atoms with van der Waals surface area (Å²) in [6, 6.07) is 17.6. The van der Waals surface area contributed by atoms with Crippen LogP contribution in [0.15, 0.2) is 72.3 Å². The monoisotopic (exact) mass is 580 g/mol. The highest BCUT2D eigenvalue weighted by Gasteiger charge is 2.47. The molecule has 0 bridgehead atoms. The molecule has 208 valence electrons. The van der Waals surface area contributed by atoms with Gasteiger partial charge in [0.05, 0.1) is 30.4 Å². The summed E-state index contributed by atoms with van der Waals surface area (Å²) in [4.78, 5) is 28.4. The molecule has 1 atom stereocenters. The lowest BCUT2D eigenvalue weighted by Gasteiger charge is -2.26. The molecule has 3 aromatic carbocycles. The van der Waals surface area contributed by atoms with E-state index in [1.807, 2.05) is 0 Å². The number of amides is 1. The van der Waals surface area contributed by atoms with Crippen molar-refractivity contribution in [3.63, 3.8) is 0 Å². The first-order valence-corrected chi connectivity index (χ1v) is 14.0. The van der Waals surface area contributed by atoms with E-state index in [0.717, 1.165) is 32.4 Å². The molecular formula is C31H30Cl2N2O5. The standard InChI is InChI=1S/C31H30Cl2N2O5/c1-39-25-11-10-22(18-26(25)40-17-14-19-12-15-34-16-13-19)35-28(20-6-8-21(32)9-7-20)27(30(37)31(35)38)29(36)23-4-2-3-5-24(23)33/h2-11,18-19,28,34,36H,12-17H2,1H3. The summed E-state index contributed by atoms with van der Waals surface area (Å²) in [6.07, 6.45) is 3.12. The number of hydrogen-bond acceptors (Lipinski definition) is 6. The van der Waals surface area contributed by atoms with E-state index in [-0.39, 0.29) is 21.9 Å². The number of ketones is 1. The number of rotatable bonds is 8. The third kappa shape index (κ3) is 5.68. The number of anilines is 1. The zero-order chi connectivity index (χ0) is 28.2. The molecule has 5 rings (SSSR count). The van der Waals surface area contributed by atoms with Crippen molar-refractivity contribution in [1.82, 2.24) is 5.32 Å². The number of benzene rings is 3. The summed E-state index contributed by atoms with van der Waals surface area (Å²) >= 11 is 12.5. The Morgan fingerprint density at radius 2 is 1.73 bits per heavy atom. The number of piperidine rings is 1. The van der Waals surface area contributed by atoms with Crippen LogP contribution in [0, 0.1) is 5.92 Å². The quantitative estimate of drug-likeness (QED) is 0.182. The number of nitrogens with zero attached hydrogens (tertiary/aromatic N) is 1. The van der Waals surface area contributed by atoms with Crippen LogP contribution in [0.2, 0.25) is 10.0 Å². The topological polar surface area (TPSA) is 88.1 Å². The third-order valence-electron chi connectivity index (χ3n) is 7.43. The van der Waals surface area contributed by atoms with Crippen molar-refractivity contribution in [3.05, 3.63) is 93.5 Å². The van der Waals surface area contributed by atoms with E-state index in [4.69, 9.17) is 32.7 Å². The maximum atomic E-state index is 13.6. The summed E-state index contributed by atoms with van der Waals surface area (Å²) in [6.45, 7) is 2.52. The van der Waals surface area contributed by atoms with E-state index >= 15 is 0 Å². The van der Waals surface area contributed by atoms with Gasteiger partial charge in [0.25, 0.3) is 11.7 Å². The summed E-state index contributed by atoms with van der Waals surface area (Å²) in [5, 5.41) is 15.5. The molecule has 7 nitrogen and oxygen atoms in total. The Morgan fingerprint density at radius 1 is 1.00 bits per heavy atom. The van der Waals surface area contributed by atoms with Crippen LogP contribution in [0.1, 0.15) is 36.4 Å². The summed E-state index contributed by atoms with van der Waals surface area (Å²) in [7, 11) is 1.55. The number of carbonyl (C=O) groups excluding carboxylic acids is 2. The van der Waals surface area contributed by atoms with Gasteiger partial charge in [-0.15, -0.1) is 0 Å². The lowest BCUT2D eigenvalue weighted by molar-refractivity contribution is -0.132. The zero-order valence-electron chi connectivity index (χ0n) is 22.0. The fourth-order valence-corrected chi connectivity index (χ4v) is 5.64. The van der Waals surface area contributed by atoms with Gasteiger partial charge in [0.1, 0.15) is 5.76 Å². The molecule has 3 aromatic rings. The Balaban J connectivity index is 1.55. The molecule has 1 amide bonds. The highest BCUT2D eigenvalue weighted by atomic mass is 35.5. The first-order valence-electron chi connectivity index (χ1n) is 13.2. The molecule has 40 heavy (non-hydrogen) atoms. The molecule has 2 fully saturated rings. The molecule has 2 aliphatic rings. The van der Waals surface area contributed by atoms with Crippen molar-refractivity contribution < 1.29 is 24.2 Å². The first kappa shape index (κ1) is 28.0. The van der Waals surface area contributed by atoms with Gasteiger partial charge >= 0.3 is 0 Å². The van der Waals surface area contributed by atoms with Gasteiger partial charge < -0.3 is 19.9 Å². The highest BCUT2D eigenvalue weighted by molar-refractivity contribution is 6.52. The van der Waals surface area contributed by atoms with Gasteiger partial charge in [0.15, 0.2) is 11.5 Å². The Morgan fingerprint density at radius 3 is 2.42 bits per heavy atom. The molecule has 2 N–H and O–H groups in total. The first-order chi connectivity index (χ1) is 19.4. The SMILES string of the molecule is COc1ccc(N2C(=O)C(=O)C(=C(O)c3ccccc3Cl)C2c2ccc(Cl)cc2)cc1OCCC1CCNCC1. The molecule has 2 aliphatic heterocycles. The molecule has 2 heterocycles. The van der Waals surface area contributed by atoms with E-state index in [2.05, 4.69) is 5.32 Å². The summed E-state index contributed by atoms with van der Waals surface area (Å²) < 4.78 is 11.7. The maximum Gasteiger partial charge on any atom is 0.300 e. The van der Waals surface area contributed by atoms with Gasteiger partial charge in [-0.05, 0) is 80.2 Å². The van der Waals surface area contributed by atoms with Gasteiger partial charge in [-0.1, -0.05) is 47.5 Å². The van der Waals surface area contributed by atoms with Crippen molar-refractivity contribution in [2.24, 2.45) is 5.92 Å². The van der Waals surface area contributed by atoms with E-state index in [9.17, 15) is 14.7 Å². The molecule has 0 spiro atoms. The van der Waals surface area contributed by atoms with E-state index in [0.29, 0.717) is 40.3 Å². The number of nitrogens with one attached hydrogen (secondary N) is 1. The van der Waals surface area contributed by atoms with Crippen molar-refractivity contribution in [2.45, 2.75) is 25.3 Å². The number of ether oxygens (including phenoxy) is 2. The number of methoxy groups -OCH3 is 1. The number of aliphatic hydroxyl groups is 1. The summed E-state index contributed by atoms with van der Waals surface area (Å²) in [5.74, 6) is -0.371. The molecule has 0 aromatic heterocycles. The van der Waals surface area contributed by atoms with Crippen molar-refractivity contribution in [1.29, 1.82) is 0 Å². The van der Waals surface area contributed by atoms with Gasteiger partial charge in [-0.25, -0.2) is 0 Å². The van der Waals surface area contributed by atoms with E-state index < -0.39 is 17.7 Å².